The fourth-order valence-electron chi connectivity index (χ4n) is 1.72. The summed E-state index contributed by atoms with van der Waals surface area (Å²) >= 11 is 1.11. The maximum atomic E-state index is 12.0. The largest absolute Gasteiger partial charge is 0.478 e. The number of hydrogen-bond acceptors (Lipinski definition) is 6. The van der Waals surface area contributed by atoms with Crippen molar-refractivity contribution in [3.8, 4) is 0 Å². The average molecular weight is 318 g/mol. The number of anilines is 1. The Hall–Kier alpha value is -2.74. The van der Waals surface area contributed by atoms with Crippen molar-refractivity contribution >= 4 is 34.6 Å². The predicted octanol–water partition coefficient (Wildman–Crippen LogP) is 1.75. The summed E-state index contributed by atoms with van der Waals surface area (Å²) in [6, 6.07) is 6.12. The van der Waals surface area contributed by atoms with Crippen LogP contribution >= 0.6 is 11.3 Å². The molecular weight excluding hydrogens is 304 g/mol. The first kappa shape index (κ1) is 15.6. The van der Waals surface area contributed by atoms with Gasteiger partial charge in [-0.25, -0.2) is 15.2 Å². The molecular formula is C14H14N4O3S. The van der Waals surface area contributed by atoms with Gasteiger partial charge in [0.05, 0.1) is 17.5 Å². The fraction of sp³-hybridized carbons (Fsp3) is 0.143. The van der Waals surface area contributed by atoms with Crippen LogP contribution in [-0.2, 0) is 6.42 Å². The number of aromatic nitrogens is 1. The summed E-state index contributed by atoms with van der Waals surface area (Å²) in [5, 5.41) is 13.0. The number of carboxylic acids is 1. The topological polar surface area (TPSA) is 118 Å². The summed E-state index contributed by atoms with van der Waals surface area (Å²) in [5.74, 6) is -1.36. The summed E-state index contributed by atoms with van der Waals surface area (Å²) < 4.78 is 0. The van der Waals surface area contributed by atoms with Gasteiger partial charge in [-0.2, -0.15) is 5.10 Å². The lowest BCUT2D eigenvalue weighted by atomic mass is 10.1. The highest BCUT2D eigenvalue weighted by Gasteiger charge is 2.15. The molecule has 114 valence electrons. The SMILES string of the molecule is CCc1nc(N)sc1C(=O)N/N=C/c1ccc(C(=O)O)cc1. The van der Waals surface area contributed by atoms with Crippen molar-refractivity contribution < 1.29 is 14.7 Å². The Kier molecular flexibility index (Phi) is 4.84. The van der Waals surface area contributed by atoms with E-state index in [1.54, 1.807) is 12.1 Å². The quantitative estimate of drug-likeness (QED) is 0.573. The van der Waals surface area contributed by atoms with Gasteiger partial charge in [0, 0.05) is 0 Å². The van der Waals surface area contributed by atoms with E-state index >= 15 is 0 Å². The zero-order chi connectivity index (χ0) is 16.1. The second kappa shape index (κ2) is 6.81. The molecule has 2 rings (SSSR count). The number of hydrogen-bond donors (Lipinski definition) is 3. The number of aromatic carboxylic acids is 1. The molecule has 1 heterocycles. The maximum absolute atomic E-state index is 12.0. The van der Waals surface area contributed by atoms with Crippen LogP contribution in [0.4, 0.5) is 5.13 Å². The second-order valence-electron chi connectivity index (χ2n) is 4.31. The molecule has 0 radical (unpaired) electrons. The molecule has 0 aliphatic rings. The van der Waals surface area contributed by atoms with Crippen molar-refractivity contribution in [2.45, 2.75) is 13.3 Å². The minimum atomic E-state index is -0.994. The Bertz CT molecular complexity index is 722. The lowest BCUT2D eigenvalue weighted by Gasteiger charge is -1.99. The normalized spacial score (nSPS) is 10.8. The minimum Gasteiger partial charge on any atom is -0.478 e. The van der Waals surface area contributed by atoms with E-state index in [0.717, 1.165) is 11.3 Å². The van der Waals surface area contributed by atoms with E-state index in [2.05, 4.69) is 15.5 Å². The number of rotatable bonds is 5. The summed E-state index contributed by atoms with van der Waals surface area (Å²) in [6.07, 6.45) is 2.04. The molecule has 0 saturated carbocycles. The van der Waals surface area contributed by atoms with Gasteiger partial charge in [0.15, 0.2) is 5.13 Å². The standard InChI is InChI=1S/C14H14N4O3S/c1-2-10-11(22-14(15)17-10)12(19)18-16-7-8-3-5-9(6-4-8)13(20)21/h3-7H,2H2,1H3,(H2,15,17)(H,18,19)(H,20,21)/b16-7+. The van der Waals surface area contributed by atoms with Gasteiger partial charge in [-0.1, -0.05) is 30.4 Å². The molecule has 7 nitrogen and oxygen atoms in total. The molecule has 4 N–H and O–H groups in total. The molecule has 0 spiro atoms. The molecule has 0 bridgehead atoms. The lowest BCUT2D eigenvalue weighted by Crippen LogP contribution is -2.17. The molecule has 1 aromatic carbocycles. The van der Waals surface area contributed by atoms with Gasteiger partial charge >= 0.3 is 5.97 Å². The van der Waals surface area contributed by atoms with Gasteiger partial charge in [-0.05, 0) is 24.1 Å². The van der Waals surface area contributed by atoms with Gasteiger partial charge in [0.25, 0.3) is 5.91 Å². The maximum Gasteiger partial charge on any atom is 0.335 e. The average Bonchev–Trinajstić information content (AvgIpc) is 2.89. The summed E-state index contributed by atoms with van der Waals surface area (Å²) in [6.45, 7) is 1.89. The van der Waals surface area contributed by atoms with Crippen molar-refractivity contribution in [1.82, 2.24) is 10.4 Å². The number of thiazole rings is 1. The van der Waals surface area contributed by atoms with Crippen LogP contribution in [0.5, 0.6) is 0 Å². The Morgan fingerprint density at radius 1 is 1.41 bits per heavy atom. The second-order valence-corrected chi connectivity index (χ2v) is 5.34. The summed E-state index contributed by atoms with van der Waals surface area (Å²) in [7, 11) is 0. The van der Waals surface area contributed by atoms with Crippen LogP contribution in [-0.4, -0.2) is 28.2 Å². The zero-order valence-electron chi connectivity index (χ0n) is 11.7. The lowest BCUT2D eigenvalue weighted by molar-refractivity contribution is 0.0696. The van der Waals surface area contributed by atoms with E-state index < -0.39 is 5.97 Å². The van der Waals surface area contributed by atoms with E-state index in [0.29, 0.717) is 27.7 Å². The Morgan fingerprint density at radius 3 is 2.68 bits per heavy atom. The van der Waals surface area contributed by atoms with Crippen LogP contribution in [0.3, 0.4) is 0 Å². The molecule has 8 heteroatoms. The van der Waals surface area contributed by atoms with Gasteiger partial charge < -0.3 is 10.8 Å². The zero-order valence-corrected chi connectivity index (χ0v) is 12.6. The molecule has 0 atom stereocenters. The van der Waals surface area contributed by atoms with E-state index in [9.17, 15) is 9.59 Å². The fourth-order valence-corrected chi connectivity index (χ4v) is 2.53. The van der Waals surface area contributed by atoms with Gasteiger partial charge in [0.1, 0.15) is 4.88 Å². The number of carbonyl (C=O) groups excluding carboxylic acids is 1. The van der Waals surface area contributed by atoms with Crippen molar-refractivity contribution in [1.29, 1.82) is 0 Å². The number of nitrogen functional groups attached to an aromatic ring is 1. The Labute approximate surface area is 130 Å². The first-order valence-corrected chi connectivity index (χ1v) is 7.24. The highest BCUT2D eigenvalue weighted by Crippen LogP contribution is 2.20. The Morgan fingerprint density at radius 2 is 2.09 bits per heavy atom. The van der Waals surface area contributed by atoms with Crippen LogP contribution in [0.2, 0.25) is 0 Å². The van der Waals surface area contributed by atoms with E-state index in [1.165, 1.54) is 18.3 Å². The van der Waals surface area contributed by atoms with Crippen molar-refractivity contribution in [2.75, 3.05) is 5.73 Å². The van der Waals surface area contributed by atoms with Crippen molar-refractivity contribution in [3.05, 3.63) is 46.0 Å². The number of hydrazone groups is 1. The van der Waals surface area contributed by atoms with Crippen LogP contribution < -0.4 is 11.2 Å². The third kappa shape index (κ3) is 3.67. The van der Waals surface area contributed by atoms with Crippen LogP contribution in [0, 0.1) is 0 Å². The number of carbonyl (C=O) groups is 2. The third-order valence-electron chi connectivity index (χ3n) is 2.79. The first-order chi connectivity index (χ1) is 10.5. The summed E-state index contributed by atoms with van der Waals surface area (Å²) in [5.41, 5.74) is 9.49. The van der Waals surface area contributed by atoms with E-state index in [1.807, 2.05) is 6.92 Å². The van der Waals surface area contributed by atoms with Gasteiger partial charge in [-0.3, -0.25) is 4.79 Å². The number of aryl methyl sites for hydroxylation is 1. The molecule has 22 heavy (non-hydrogen) atoms. The van der Waals surface area contributed by atoms with E-state index in [4.69, 9.17) is 10.8 Å². The van der Waals surface area contributed by atoms with Crippen LogP contribution in [0.25, 0.3) is 0 Å². The highest BCUT2D eigenvalue weighted by molar-refractivity contribution is 7.17. The molecule has 0 fully saturated rings. The van der Waals surface area contributed by atoms with Crippen LogP contribution in [0.1, 0.15) is 38.2 Å². The minimum absolute atomic E-state index is 0.189. The smallest absolute Gasteiger partial charge is 0.335 e. The number of nitrogens with one attached hydrogen (secondary N) is 1. The predicted molar refractivity (Wildman–Crippen MR) is 84.4 cm³/mol. The number of carboxylic acid groups (broad SMARTS) is 1. The highest BCUT2D eigenvalue weighted by atomic mass is 32.1. The Balaban J connectivity index is 2.02. The third-order valence-corrected chi connectivity index (χ3v) is 3.72. The summed E-state index contributed by atoms with van der Waals surface area (Å²) in [4.78, 5) is 27.2. The first-order valence-electron chi connectivity index (χ1n) is 6.43. The number of amides is 1. The van der Waals surface area contributed by atoms with E-state index in [-0.39, 0.29) is 11.5 Å². The number of nitrogens with zero attached hydrogens (tertiary/aromatic N) is 2. The van der Waals surface area contributed by atoms with Gasteiger partial charge in [0.2, 0.25) is 0 Å². The van der Waals surface area contributed by atoms with Crippen molar-refractivity contribution in [3.63, 3.8) is 0 Å². The molecule has 0 unspecified atom stereocenters. The molecule has 0 aliphatic heterocycles. The molecule has 1 amide bonds. The monoisotopic (exact) mass is 318 g/mol. The molecule has 1 aromatic heterocycles. The molecule has 0 saturated heterocycles. The van der Waals surface area contributed by atoms with Gasteiger partial charge in [-0.15, -0.1) is 0 Å². The number of benzene rings is 1. The van der Waals surface area contributed by atoms with Crippen LogP contribution in [0.15, 0.2) is 29.4 Å². The molecule has 2 aromatic rings. The number of nitrogens with two attached hydrogens (primary N) is 1. The van der Waals surface area contributed by atoms with Crippen molar-refractivity contribution in [2.24, 2.45) is 5.10 Å². The molecule has 0 aliphatic carbocycles.